The molecule has 2 N–H and O–H groups in total. The number of alkyl halides is 1. The van der Waals surface area contributed by atoms with Gasteiger partial charge in [-0.25, -0.2) is 4.39 Å². The van der Waals surface area contributed by atoms with E-state index >= 15 is 0 Å². The van der Waals surface area contributed by atoms with Crippen LogP contribution in [0.15, 0.2) is 24.3 Å². The standard InChI is InChI=1S/C20H21FN6O2/c1-11-9-26(10-24-19(28)14-6-15(14)21)20(29)18-7-17(25-27(11)18)13-4-3-12(8-22)5-16(13)23-2/h3-5,7,11,14-15,23H,6,9-10H2,1-2H3,(H,24,28). The monoisotopic (exact) mass is 396 g/mol. The molecule has 3 atom stereocenters. The summed E-state index contributed by atoms with van der Waals surface area (Å²) < 4.78 is 14.7. The van der Waals surface area contributed by atoms with Crippen LogP contribution in [0.25, 0.3) is 11.3 Å². The molecule has 1 fully saturated rings. The van der Waals surface area contributed by atoms with Gasteiger partial charge in [0.15, 0.2) is 0 Å². The van der Waals surface area contributed by atoms with Crippen LogP contribution < -0.4 is 10.6 Å². The average Bonchev–Trinajstić information content (AvgIpc) is 3.29. The van der Waals surface area contributed by atoms with E-state index in [1.807, 2.05) is 6.92 Å². The number of anilines is 1. The van der Waals surface area contributed by atoms with Crippen LogP contribution in [-0.2, 0) is 4.79 Å². The predicted octanol–water partition coefficient (Wildman–Crippen LogP) is 1.91. The topological polar surface area (TPSA) is 103 Å². The van der Waals surface area contributed by atoms with Crippen molar-refractivity contribution in [1.82, 2.24) is 20.0 Å². The Labute approximate surface area is 167 Å². The number of benzene rings is 1. The van der Waals surface area contributed by atoms with Gasteiger partial charge in [0.2, 0.25) is 5.91 Å². The molecule has 2 aliphatic rings. The molecule has 150 valence electrons. The van der Waals surface area contributed by atoms with Crippen LogP contribution in [0.2, 0.25) is 0 Å². The number of fused-ring (bicyclic) bond motifs is 1. The Morgan fingerprint density at radius 1 is 1.41 bits per heavy atom. The molecule has 0 spiro atoms. The fourth-order valence-corrected chi connectivity index (χ4v) is 3.58. The third-order valence-electron chi connectivity index (χ3n) is 5.33. The predicted molar refractivity (Wildman–Crippen MR) is 104 cm³/mol. The van der Waals surface area contributed by atoms with Crippen LogP contribution in [0.1, 0.15) is 35.4 Å². The number of nitriles is 1. The van der Waals surface area contributed by atoms with Gasteiger partial charge in [-0.15, -0.1) is 0 Å². The SMILES string of the molecule is CNc1cc(C#N)ccc1-c1cc2n(n1)C(C)CN(CNC(=O)C1CC1F)C2=O. The van der Waals surface area contributed by atoms with Crippen molar-refractivity contribution in [2.24, 2.45) is 5.92 Å². The minimum Gasteiger partial charge on any atom is -0.388 e. The summed E-state index contributed by atoms with van der Waals surface area (Å²) in [5.41, 5.74) is 3.11. The maximum absolute atomic E-state index is 13.0. The van der Waals surface area contributed by atoms with E-state index in [0.717, 1.165) is 11.3 Å². The molecule has 2 aromatic rings. The normalized spacial score (nSPS) is 22.6. The second-order valence-electron chi connectivity index (χ2n) is 7.42. The second-order valence-corrected chi connectivity index (χ2v) is 7.42. The first-order valence-corrected chi connectivity index (χ1v) is 9.45. The van der Waals surface area contributed by atoms with Crippen molar-refractivity contribution in [3.8, 4) is 17.3 Å². The molecule has 0 saturated heterocycles. The zero-order valence-corrected chi connectivity index (χ0v) is 16.1. The third-order valence-corrected chi connectivity index (χ3v) is 5.33. The number of halogens is 1. The lowest BCUT2D eigenvalue weighted by Gasteiger charge is -2.31. The van der Waals surface area contributed by atoms with Gasteiger partial charge in [-0.3, -0.25) is 14.3 Å². The van der Waals surface area contributed by atoms with E-state index < -0.39 is 12.1 Å². The van der Waals surface area contributed by atoms with Crippen LogP contribution in [0, 0.1) is 17.2 Å². The van der Waals surface area contributed by atoms with Gasteiger partial charge in [-0.2, -0.15) is 10.4 Å². The van der Waals surface area contributed by atoms with Crippen molar-refractivity contribution in [2.45, 2.75) is 25.6 Å². The molecule has 0 bridgehead atoms. The van der Waals surface area contributed by atoms with Crippen LogP contribution in [0.3, 0.4) is 0 Å². The average molecular weight is 396 g/mol. The number of carbonyl (C=O) groups excluding carboxylic acids is 2. The number of amides is 2. The molecule has 3 unspecified atom stereocenters. The molecular weight excluding hydrogens is 375 g/mol. The number of aromatic nitrogens is 2. The van der Waals surface area contributed by atoms with Crippen LogP contribution in [0.4, 0.5) is 10.1 Å². The number of nitrogens with one attached hydrogen (secondary N) is 2. The molecule has 2 heterocycles. The summed E-state index contributed by atoms with van der Waals surface area (Å²) >= 11 is 0. The summed E-state index contributed by atoms with van der Waals surface area (Å²) in [6, 6.07) is 8.97. The molecule has 1 aromatic carbocycles. The van der Waals surface area contributed by atoms with E-state index in [-0.39, 0.29) is 30.9 Å². The van der Waals surface area contributed by atoms with E-state index in [0.29, 0.717) is 23.5 Å². The van der Waals surface area contributed by atoms with Gasteiger partial charge >= 0.3 is 0 Å². The highest BCUT2D eigenvalue weighted by Crippen LogP contribution is 2.34. The molecule has 1 aliphatic heterocycles. The zero-order chi connectivity index (χ0) is 20.7. The Kier molecular flexibility index (Phi) is 4.70. The first-order chi connectivity index (χ1) is 13.9. The first-order valence-electron chi connectivity index (χ1n) is 9.45. The molecule has 1 aromatic heterocycles. The molecular formula is C20H21FN6O2. The van der Waals surface area contributed by atoms with E-state index in [2.05, 4.69) is 21.8 Å². The van der Waals surface area contributed by atoms with E-state index in [1.54, 1.807) is 36.0 Å². The highest BCUT2D eigenvalue weighted by atomic mass is 19.1. The molecule has 1 saturated carbocycles. The van der Waals surface area contributed by atoms with Gasteiger partial charge in [0.05, 0.1) is 36.0 Å². The van der Waals surface area contributed by atoms with Crippen LogP contribution in [0.5, 0.6) is 0 Å². The van der Waals surface area contributed by atoms with Crippen molar-refractivity contribution < 1.29 is 14.0 Å². The smallest absolute Gasteiger partial charge is 0.273 e. The number of rotatable bonds is 5. The molecule has 8 nitrogen and oxygen atoms in total. The Morgan fingerprint density at radius 2 is 2.17 bits per heavy atom. The first kappa shape index (κ1) is 18.9. The fraction of sp³-hybridized carbons (Fsp3) is 0.400. The zero-order valence-electron chi connectivity index (χ0n) is 16.1. The Bertz CT molecular complexity index is 1030. The van der Waals surface area contributed by atoms with Crippen molar-refractivity contribution >= 4 is 17.5 Å². The van der Waals surface area contributed by atoms with Gasteiger partial charge in [-0.05, 0) is 37.6 Å². The third kappa shape index (κ3) is 3.42. The second kappa shape index (κ2) is 7.20. The molecule has 2 amide bonds. The maximum Gasteiger partial charge on any atom is 0.273 e. The van der Waals surface area contributed by atoms with Gasteiger partial charge in [0.1, 0.15) is 11.9 Å². The summed E-state index contributed by atoms with van der Waals surface area (Å²) in [7, 11) is 1.76. The summed E-state index contributed by atoms with van der Waals surface area (Å²) in [5.74, 6) is -1.18. The maximum atomic E-state index is 13.0. The quantitative estimate of drug-likeness (QED) is 0.804. The van der Waals surface area contributed by atoms with E-state index in [1.165, 1.54) is 4.90 Å². The van der Waals surface area contributed by atoms with Gasteiger partial charge in [0, 0.05) is 24.8 Å². The molecule has 0 radical (unpaired) electrons. The number of hydrogen-bond donors (Lipinski definition) is 2. The van der Waals surface area contributed by atoms with Gasteiger partial charge < -0.3 is 15.5 Å². The van der Waals surface area contributed by atoms with Crippen LogP contribution >= 0.6 is 0 Å². The molecule has 9 heteroatoms. The number of carbonyl (C=O) groups is 2. The molecule has 29 heavy (non-hydrogen) atoms. The highest BCUT2D eigenvalue weighted by Gasteiger charge is 2.44. The Morgan fingerprint density at radius 3 is 2.83 bits per heavy atom. The highest BCUT2D eigenvalue weighted by molar-refractivity contribution is 5.95. The van der Waals surface area contributed by atoms with Crippen molar-refractivity contribution in [3.05, 3.63) is 35.5 Å². The Balaban J connectivity index is 1.57. The van der Waals surface area contributed by atoms with Gasteiger partial charge in [0.25, 0.3) is 5.91 Å². The summed E-state index contributed by atoms with van der Waals surface area (Å²) in [6.07, 6.45) is -0.811. The summed E-state index contributed by atoms with van der Waals surface area (Å²) in [6.45, 7) is 2.38. The van der Waals surface area contributed by atoms with Crippen LogP contribution in [-0.4, -0.2) is 52.9 Å². The lowest BCUT2D eigenvalue weighted by atomic mass is 10.1. The van der Waals surface area contributed by atoms with E-state index in [4.69, 9.17) is 5.26 Å². The lowest BCUT2D eigenvalue weighted by molar-refractivity contribution is -0.123. The molecule has 4 rings (SSSR count). The Hall–Kier alpha value is -3.41. The van der Waals surface area contributed by atoms with E-state index in [9.17, 15) is 14.0 Å². The molecule has 1 aliphatic carbocycles. The van der Waals surface area contributed by atoms with Crippen molar-refractivity contribution in [1.29, 1.82) is 5.26 Å². The number of nitrogens with zero attached hydrogens (tertiary/aromatic N) is 4. The number of hydrogen-bond acceptors (Lipinski definition) is 5. The van der Waals surface area contributed by atoms with Gasteiger partial charge in [-0.1, -0.05) is 0 Å². The van der Waals surface area contributed by atoms with Crippen molar-refractivity contribution in [3.63, 3.8) is 0 Å². The summed E-state index contributed by atoms with van der Waals surface area (Å²) in [4.78, 5) is 26.3. The van der Waals surface area contributed by atoms with Crippen molar-refractivity contribution in [2.75, 3.05) is 25.6 Å². The fourth-order valence-electron chi connectivity index (χ4n) is 3.58. The largest absolute Gasteiger partial charge is 0.388 e. The summed E-state index contributed by atoms with van der Waals surface area (Å²) in [5, 5.41) is 19.4. The minimum atomic E-state index is -1.07. The minimum absolute atomic E-state index is 0.0460. The lowest BCUT2D eigenvalue weighted by Crippen LogP contribution is -2.48.